The summed E-state index contributed by atoms with van der Waals surface area (Å²) < 4.78 is 0. The molecule has 0 aliphatic rings. The molecule has 0 aliphatic carbocycles. The first kappa shape index (κ1) is 29.7. The normalized spacial score (nSPS) is 11.8. The molecule has 246 valence electrons. The molecule has 0 fully saturated rings. The van der Waals surface area contributed by atoms with Crippen LogP contribution in [0.4, 0.5) is 17.1 Å². The minimum Gasteiger partial charge on any atom is -0.310 e. The topological polar surface area (TPSA) is 3.24 Å². The summed E-state index contributed by atoms with van der Waals surface area (Å²) in [6.45, 7) is 0. The Morgan fingerprint density at radius 3 is 1.32 bits per heavy atom. The Bertz CT molecular complexity index is 3190. The van der Waals surface area contributed by atoms with Crippen molar-refractivity contribution in [2.75, 3.05) is 4.90 Å². The average molecular weight is 672 g/mol. The second kappa shape index (κ2) is 11.8. The lowest BCUT2D eigenvalue weighted by atomic mass is 9.93. The molecule has 0 saturated carbocycles. The van der Waals surface area contributed by atoms with E-state index in [9.17, 15) is 0 Å². The average Bonchev–Trinajstić information content (AvgIpc) is 3.24. The zero-order chi connectivity index (χ0) is 34.9. The maximum atomic E-state index is 2.45. The maximum Gasteiger partial charge on any atom is 0.0546 e. The van der Waals surface area contributed by atoms with Gasteiger partial charge in [0.1, 0.15) is 0 Å². The Labute approximate surface area is 307 Å². The van der Waals surface area contributed by atoms with Crippen LogP contribution in [0.2, 0.25) is 0 Å². The van der Waals surface area contributed by atoms with Crippen LogP contribution in [0.15, 0.2) is 200 Å². The van der Waals surface area contributed by atoms with Crippen LogP contribution < -0.4 is 4.90 Å². The van der Waals surface area contributed by atoms with Gasteiger partial charge in [-0.25, -0.2) is 0 Å². The van der Waals surface area contributed by atoms with Crippen LogP contribution in [0, 0.1) is 0 Å². The lowest BCUT2D eigenvalue weighted by molar-refractivity contribution is 1.31. The van der Waals surface area contributed by atoms with Crippen molar-refractivity contribution in [3.05, 3.63) is 200 Å². The maximum absolute atomic E-state index is 2.45. The third-order valence-corrected chi connectivity index (χ3v) is 11.2. The van der Waals surface area contributed by atoms with Crippen LogP contribution in [-0.4, -0.2) is 0 Å². The summed E-state index contributed by atoms with van der Waals surface area (Å²) in [7, 11) is 0. The molecule has 1 heteroatoms. The molecule has 0 N–H and O–H groups in total. The highest BCUT2D eigenvalue weighted by Crippen LogP contribution is 2.45. The zero-order valence-corrected chi connectivity index (χ0v) is 29.0. The van der Waals surface area contributed by atoms with Crippen molar-refractivity contribution < 1.29 is 0 Å². The molecule has 0 aliphatic heterocycles. The summed E-state index contributed by atoms with van der Waals surface area (Å²) >= 11 is 0. The van der Waals surface area contributed by atoms with E-state index < -0.39 is 0 Å². The predicted molar refractivity (Wildman–Crippen MR) is 229 cm³/mol. The minimum absolute atomic E-state index is 1.12. The van der Waals surface area contributed by atoms with Crippen molar-refractivity contribution in [2.45, 2.75) is 0 Å². The second-order valence-electron chi connectivity index (χ2n) is 14.1. The number of fused-ring (bicyclic) bond motifs is 12. The van der Waals surface area contributed by atoms with Crippen LogP contribution in [-0.2, 0) is 0 Å². The van der Waals surface area contributed by atoms with Crippen LogP contribution in [0.3, 0.4) is 0 Å². The predicted octanol–water partition coefficient (Wildman–Crippen LogP) is 14.9. The zero-order valence-electron chi connectivity index (χ0n) is 29.0. The van der Waals surface area contributed by atoms with E-state index in [1.54, 1.807) is 0 Å². The number of benzene rings is 11. The summed E-state index contributed by atoms with van der Waals surface area (Å²) in [5.74, 6) is 0. The van der Waals surface area contributed by atoms with Gasteiger partial charge < -0.3 is 4.90 Å². The lowest BCUT2D eigenvalue weighted by Gasteiger charge is -2.28. The molecule has 0 bridgehead atoms. The minimum atomic E-state index is 1.12. The Hall–Kier alpha value is -6.96. The van der Waals surface area contributed by atoms with E-state index in [0.717, 1.165) is 17.1 Å². The molecule has 0 saturated heterocycles. The van der Waals surface area contributed by atoms with Gasteiger partial charge in [0.15, 0.2) is 0 Å². The van der Waals surface area contributed by atoms with E-state index in [0.29, 0.717) is 0 Å². The van der Waals surface area contributed by atoms with E-state index in [-0.39, 0.29) is 0 Å². The molecule has 0 aromatic heterocycles. The van der Waals surface area contributed by atoms with Gasteiger partial charge in [-0.2, -0.15) is 0 Å². The molecule has 0 spiro atoms. The van der Waals surface area contributed by atoms with E-state index in [4.69, 9.17) is 0 Å². The van der Waals surface area contributed by atoms with E-state index >= 15 is 0 Å². The molecule has 11 aromatic carbocycles. The Morgan fingerprint density at radius 1 is 0.226 bits per heavy atom. The summed E-state index contributed by atoms with van der Waals surface area (Å²) in [5, 5.41) is 17.7. The summed E-state index contributed by atoms with van der Waals surface area (Å²) in [4.78, 5) is 2.45. The van der Waals surface area contributed by atoms with Crippen molar-refractivity contribution in [3.63, 3.8) is 0 Å². The van der Waals surface area contributed by atoms with Gasteiger partial charge in [-0.3, -0.25) is 0 Å². The van der Waals surface area contributed by atoms with E-state index in [1.165, 1.54) is 86.5 Å². The van der Waals surface area contributed by atoms with Gasteiger partial charge in [0.05, 0.1) is 5.69 Å². The molecule has 0 radical (unpaired) electrons. The van der Waals surface area contributed by atoms with Crippen molar-refractivity contribution in [1.82, 2.24) is 0 Å². The number of nitrogens with zero attached hydrogens (tertiary/aromatic N) is 1. The summed E-state index contributed by atoms with van der Waals surface area (Å²) in [5.41, 5.74) is 5.82. The number of hydrogen-bond donors (Lipinski definition) is 0. The van der Waals surface area contributed by atoms with E-state index in [2.05, 4.69) is 205 Å². The smallest absolute Gasteiger partial charge is 0.0546 e. The Kier molecular flexibility index (Phi) is 6.62. The highest BCUT2D eigenvalue weighted by Gasteiger charge is 2.19. The van der Waals surface area contributed by atoms with Crippen LogP contribution in [0.5, 0.6) is 0 Å². The van der Waals surface area contributed by atoms with Crippen molar-refractivity contribution in [3.8, 4) is 11.1 Å². The molecule has 0 atom stereocenters. The van der Waals surface area contributed by atoms with Gasteiger partial charge in [-0.05, 0) is 118 Å². The first-order valence-electron chi connectivity index (χ1n) is 18.3. The fraction of sp³-hybridized carbons (Fsp3) is 0. The number of rotatable bonds is 4. The molecule has 0 unspecified atom stereocenters. The standard InChI is InChI=1S/C52H33N/c1-3-13-41-35(11-1)21-22-36-23-24-37(31-50(36)41)34-25-27-39(28-26-34)53(52-32-38-12-2-4-14-42(38)43-15-9-10-20-49(43)52)40-29-30-48-46-18-6-5-16-44(46)45-17-7-8-19-47(45)51(48)33-40/h1-33H. The van der Waals surface area contributed by atoms with Gasteiger partial charge in [-0.15, -0.1) is 0 Å². The first-order chi connectivity index (χ1) is 26.3. The molecular formula is C52H33N. The fourth-order valence-corrected chi connectivity index (χ4v) is 8.67. The molecule has 1 nitrogen and oxygen atoms in total. The summed E-state index contributed by atoms with van der Waals surface area (Å²) in [6, 6.07) is 73.7. The number of hydrogen-bond acceptors (Lipinski definition) is 1. The Morgan fingerprint density at radius 2 is 0.660 bits per heavy atom. The molecule has 0 heterocycles. The lowest BCUT2D eigenvalue weighted by Crippen LogP contribution is -2.10. The highest BCUT2D eigenvalue weighted by atomic mass is 15.1. The van der Waals surface area contributed by atoms with Crippen LogP contribution in [0.25, 0.3) is 86.5 Å². The Balaban J connectivity index is 1.14. The SMILES string of the molecule is c1ccc2c(c1)ccc1ccc(-c3ccc(N(c4ccc5c6ccccc6c6ccccc6c5c4)c4cc5ccccc5c5ccccc45)cc3)cc12. The van der Waals surface area contributed by atoms with Gasteiger partial charge in [0, 0.05) is 16.8 Å². The molecular weight excluding hydrogens is 639 g/mol. The molecule has 11 aromatic rings. The largest absolute Gasteiger partial charge is 0.310 e. The van der Waals surface area contributed by atoms with E-state index in [1.807, 2.05) is 0 Å². The van der Waals surface area contributed by atoms with Crippen LogP contribution >= 0.6 is 0 Å². The highest BCUT2D eigenvalue weighted by molar-refractivity contribution is 6.26. The van der Waals surface area contributed by atoms with Gasteiger partial charge in [-0.1, -0.05) is 164 Å². The van der Waals surface area contributed by atoms with Gasteiger partial charge in [0.25, 0.3) is 0 Å². The molecule has 53 heavy (non-hydrogen) atoms. The molecule has 11 rings (SSSR count). The monoisotopic (exact) mass is 671 g/mol. The van der Waals surface area contributed by atoms with Crippen molar-refractivity contribution >= 4 is 92.5 Å². The second-order valence-corrected chi connectivity index (χ2v) is 14.1. The number of anilines is 3. The quantitative estimate of drug-likeness (QED) is 0.168. The first-order valence-corrected chi connectivity index (χ1v) is 18.3. The third kappa shape index (κ3) is 4.71. The van der Waals surface area contributed by atoms with Gasteiger partial charge >= 0.3 is 0 Å². The van der Waals surface area contributed by atoms with Gasteiger partial charge in [0.2, 0.25) is 0 Å². The summed E-state index contributed by atoms with van der Waals surface area (Å²) in [6.07, 6.45) is 0. The van der Waals surface area contributed by atoms with Crippen molar-refractivity contribution in [2.24, 2.45) is 0 Å². The third-order valence-electron chi connectivity index (χ3n) is 11.2. The molecule has 0 amide bonds. The van der Waals surface area contributed by atoms with Crippen LogP contribution in [0.1, 0.15) is 0 Å². The van der Waals surface area contributed by atoms with Crippen molar-refractivity contribution in [1.29, 1.82) is 0 Å². The fourth-order valence-electron chi connectivity index (χ4n) is 8.67.